The number of thioether (sulfide) groups is 1. The third kappa shape index (κ3) is 5.13. The molecule has 3 aromatic carbocycles. The molecule has 2 heterocycles. The molecule has 5 rings (SSSR count). The van der Waals surface area contributed by atoms with Crippen molar-refractivity contribution in [2.45, 2.75) is 20.0 Å². The number of amides is 1. The van der Waals surface area contributed by atoms with Crippen molar-refractivity contribution in [1.29, 1.82) is 0 Å². The summed E-state index contributed by atoms with van der Waals surface area (Å²) in [6, 6.07) is 19.4. The van der Waals surface area contributed by atoms with Crippen molar-refractivity contribution >= 4 is 50.5 Å². The second-order valence-corrected chi connectivity index (χ2v) is 9.61. The van der Waals surface area contributed by atoms with Crippen LogP contribution >= 0.6 is 27.7 Å². The van der Waals surface area contributed by atoms with Crippen LogP contribution in [-0.2, 0) is 17.8 Å². The number of halogens is 1. The van der Waals surface area contributed by atoms with E-state index < -0.39 is 0 Å². The maximum Gasteiger partial charge on any atom is 0.264 e. The van der Waals surface area contributed by atoms with Gasteiger partial charge in [-0.1, -0.05) is 41.1 Å². The Kier molecular flexibility index (Phi) is 6.60. The Balaban J connectivity index is 1.34. The minimum absolute atomic E-state index is 0.185. The maximum atomic E-state index is 12.6. The average molecular weight is 537 g/mol. The Morgan fingerprint density at radius 1 is 1.06 bits per heavy atom. The molecular weight excluding hydrogens is 516 g/mol. The molecule has 0 spiro atoms. The Bertz CT molecular complexity index is 1300. The minimum Gasteiger partial charge on any atom is -0.488 e. The third-order valence-electron chi connectivity index (χ3n) is 5.32. The summed E-state index contributed by atoms with van der Waals surface area (Å²) in [6.07, 6.45) is 2.80. The number of nitrogens with one attached hydrogen (secondary N) is 1. The summed E-state index contributed by atoms with van der Waals surface area (Å²) in [5, 5.41) is 3.40. The number of hydrogen-bond donors (Lipinski definition) is 1. The molecular formula is C26H21BrN2O4S. The van der Waals surface area contributed by atoms with Gasteiger partial charge in [-0.2, -0.15) is 0 Å². The predicted molar refractivity (Wildman–Crippen MR) is 138 cm³/mol. The molecule has 172 valence electrons. The molecule has 2 aliphatic heterocycles. The van der Waals surface area contributed by atoms with E-state index in [4.69, 9.17) is 14.2 Å². The molecule has 1 amide bonds. The lowest BCUT2D eigenvalue weighted by Gasteiger charge is -2.11. The number of nitrogens with zero attached hydrogens (tertiary/aromatic N) is 1. The summed E-state index contributed by atoms with van der Waals surface area (Å²) < 4.78 is 17.8. The molecule has 6 nitrogen and oxygen atoms in total. The molecule has 8 heteroatoms. The number of carbonyl (C=O) groups is 1. The quantitative estimate of drug-likeness (QED) is 0.379. The van der Waals surface area contributed by atoms with Crippen molar-refractivity contribution in [3.63, 3.8) is 0 Å². The van der Waals surface area contributed by atoms with Gasteiger partial charge in [0.05, 0.1) is 10.6 Å². The van der Waals surface area contributed by atoms with Crippen LogP contribution in [0.4, 0.5) is 5.69 Å². The lowest BCUT2D eigenvalue weighted by Crippen LogP contribution is -2.19. The van der Waals surface area contributed by atoms with Crippen molar-refractivity contribution < 1.29 is 19.0 Å². The number of ether oxygens (including phenoxy) is 3. The van der Waals surface area contributed by atoms with E-state index >= 15 is 0 Å². The van der Waals surface area contributed by atoms with Gasteiger partial charge < -0.3 is 19.5 Å². The number of amidine groups is 1. The number of benzene rings is 3. The first kappa shape index (κ1) is 22.6. The average Bonchev–Trinajstić information content (AvgIpc) is 3.44. The molecule has 1 saturated heterocycles. The summed E-state index contributed by atoms with van der Waals surface area (Å²) in [5.41, 5.74) is 3.80. The number of hydrogen-bond acceptors (Lipinski definition) is 6. The SMILES string of the molecule is CCc1ccc(N=C2NC(=O)/C(=C/c3cc(Br)ccc3OCc3ccc4c(c3)OCO4)S2)cc1. The van der Waals surface area contributed by atoms with Crippen LogP contribution < -0.4 is 19.5 Å². The van der Waals surface area contributed by atoms with E-state index in [1.54, 1.807) is 0 Å². The van der Waals surface area contributed by atoms with E-state index in [0.29, 0.717) is 22.4 Å². The van der Waals surface area contributed by atoms with Crippen molar-refractivity contribution in [2.24, 2.45) is 4.99 Å². The number of fused-ring (bicyclic) bond motifs is 1. The highest BCUT2D eigenvalue weighted by Crippen LogP contribution is 2.34. The van der Waals surface area contributed by atoms with Gasteiger partial charge >= 0.3 is 0 Å². The standard InChI is InChI=1S/C26H21BrN2O4S/c1-2-16-3-7-20(8-4-16)28-26-29-25(30)24(34-26)13-18-12-19(27)6-10-21(18)31-14-17-5-9-22-23(11-17)33-15-32-22/h3-13H,2,14-15H2,1H3,(H,28,29,30)/b24-13-. The topological polar surface area (TPSA) is 69.2 Å². The van der Waals surface area contributed by atoms with Crippen LogP contribution in [0.25, 0.3) is 6.08 Å². The zero-order valence-corrected chi connectivity index (χ0v) is 20.7. The summed E-state index contributed by atoms with van der Waals surface area (Å²) in [5.74, 6) is 1.94. The van der Waals surface area contributed by atoms with Gasteiger partial charge in [-0.25, -0.2) is 4.99 Å². The normalized spacial score (nSPS) is 16.8. The molecule has 0 saturated carbocycles. The predicted octanol–water partition coefficient (Wildman–Crippen LogP) is 6.21. The van der Waals surface area contributed by atoms with Crippen LogP contribution in [0, 0.1) is 0 Å². The van der Waals surface area contributed by atoms with Crippen molar-refractivity contribution in [3.05, 3.63) is 86.7 Å². The van der Waals surface area contributed by atoms with Crippen molar-refractivity contribution in [2.75, 3.05) is 6.79 Å². The van der Waals surface area contributed by atoms with Crippen LogP contribution in [0.3, 0.4) is 0 Å². The van der Waals surface area contributed by atoms with E-state index in [1.165, 1.54) is 17.3 Å². The smallest absolute Gasteiger partial charge is 0.264 e. The van der Waals surface area contributed by atoms with E-state index in [9.17, 15) is 4.79 Å². The van der Waals surface area contributed by atoms with Crippen molar-refractivity contribution in [1.82, 2.24) is 5.32 Å². The Morgan fingerprint density at radius 2 is 1.85 bits per heavy atom. The van der Waals surface area contributed by atoms with E-state index in [2.05, 4.69) is 33.2 Å². The summed E-state index contributed by atoms with van der Waals surface area (Å²) >= 11 is 4.82. The Labute approximate surface area is 210 Å². The molecule has 0 atom stereocenters. The number of carbonyl (C=O) groups excluding carboxylic acids is 1. The zero-order valence-electron chi connectivity index (χ0n) is 18.3. The van der Waals surface area contributed by atoms with E-state index in [1.807, 2.05) is 66.7 Å². The van der Waals surface area contributed by atoms with Gasteiger partial charge in [-0.3, -0.25) is 4.79 Å². The summed E-state index contributed by atoms with van der Waals surface area (Å²) in [4.78, 5) is 17.7. The van der Waals surface area contributed by atoms with Crippen LogP contribution in [0.1, 0.15) is 23.6 Å². The van der Waals surface area contributed by atoms with Gasteiger partial charge in [0.2, 0.25) is 6.79 Å². The Morgan fingerprint density at radius 3 is 2.68 bits per heavy atom. The van der Waals surface area contributed by atoms with Gasteiger partial charge in [0.25, 0.3) is 5.91 Å². The Hall–Kier alpha value is -3.23. The lowest BCUT2D eigenvalue weighted by molar-refractivity contribution is -0.115. The highest BCUT2D eigenvalue weighted by atomic mass is 79.9. The van der Waals surface area contributed by atoms with Gasteiger partial charge in [-0.15, -0.1) is 0 Å². The molecule has 3 aromatic rings. The van der Waals surface area contributed by atoms with Crippen LogP contribution in [-0.4, -0.2) is 17.9 Å². The fourth-order valence-electron chi connectivity index (χ4n) is 3.50. The van der Waals surface area contributed by atoms with Gasteiger partial charge in [-0.05, 0) is 77.9 Å². The molecule has 0 unspecified atom stereocenters. The second-order valence-electron chi connectivity index (χ2n) is 7.66. The molecule has 1 N–H and O–H groups in total. The maximum absolute atomic E-state index is 12.6. The molecule has 0 radical (unpaired) electrons. The number of aliphatic imine (C=N–C) groups is 1. The lowest BCUT2D eigenvalue weighted by atomic mass is 10.1. The number of rotatable bonds is 6. The van der Waals surface area contributed by atoms with Crippen molar-refractivity contribution in [3.8, 4) is 17.2 Å². The molecule has 0 bridgehead atoms. The zero-order chi connectivity index (χ0) is 23.5. The van der Waals surface area contributed by atoms with Crippen LogP contribution in [0.5, 0.6) is 17.2 Å². The van der Waals surface area contributed by atoms with E-state index in [-0.39, 0.29) is 12.7 Å². The van der Waals surface area contributed by atoms with Gasteiger partial charge in [0.15, 0.2) is 16.7 Å². The van der Waals surface area contributed by atoms with Gasteiger partial charge in [0, 0.05) is 10.0 Å². The van der Waals surface area contributed by atoms with Crippen LogP contribution in [0.2, 0.25) is 0 Å². The monoisotopic (exact) mass is 536 g/mol. The second kappa shape index (κ2) is 9.95. The fourth-order valence-corrected chi connectivity index (χ4v) is 4.71. The highest BCUT2D eigenvalue weighted by Gasteiger charge is 2.24. The fraction of sp³-hybridized carbons (Fsp3) is 0.154. The number of aryl methyl sites for hydroxylation is 1. The molecule has 0 aromatic heterocycles. The van der Waals surface area contributed by atoms with Crippen LogP contribution in [0.15, 0.2) is 75.0 Å². The van der Waals surface area contributed by atoms with E-state index in [0.717, 1.165) is 39.2 Å². The minimum atomic E-state index is -0.185. The first-order valence-corrected chi connectivity index (χ1v) is 12.4. The largest absolute Gasteiger partial charge is 0.488 e. The van der Waals surface area contributed by atoms with Gasteiger partial charge in [0.1, 0.15) is 12.4 Å². The highest BCUT2D eigenvalue weighted by molar-refractivity contribution is 9.10. The third-order valence-corrected chi connectivity index (χ3v) is 6.72. The molecule has 1 fully saturated rings. The summed E-state index contributed by atoms with van der Waals surface area (Å²) in [6.45, 7) is 2.70. The molecule has 34 heavy (non-hydrogen) atoms. The first-order valence-electron chi connectivity index (χ1n) is 10.8. The first-order chi connectivity index (χ1) is 16.6. The summed E-state index contributed by atoms with van der Waals surface area (Å²) in [7, 11) is 0. The molecule has 0 aliphatic carbocycles. The molecule has 2 aliphatic rings.